The van der Waals surface area contributed by atoms with Gasteiger partial charge in [-0.25, -0.2) is 0 Å². The number of nitrogens with two attached hydrogens (primary N) is 1. The Balaban J connectivity index is 1.55. The van der Waals surface area contributed by atoms with Crippen molar-refractivity contribution in [1.29, 1.82) is 0 Å². The van der Waals surface area contributed by atoms with Crippen LogP contribution in [0.5, 0.6) is 0 Å². The Bertz CT molecular complexity index is 213. The van der Waals surface area contributed by atoms with Crippen LogP contribution in [0, 0.1) is 11.8 Å². The first-order valence-electron chi connectivity index (χ1n) is 6.76. The molecule has 0 spiro atoms. The van der Waals surface area contributed by atoms with Crippen LogP contribution in [-0.4, -0.2) is 56.1 Å². The molecular weight excluding hydrogens is 198 g/mol. The van der Waals surface area contributed by atoms with Crippen molar-refractivity contribution in [2.45, 2.75) is 31.7 Å². The van der Waals surface area contributed by atoms with Gasteiger partial charge in [-0.3, -0.25) is 0 Å². The summed E-state index contributed by atoms with van der Waals surface area (Å²) >= 11 is 0. The molecule has 1 aliphatic carbocycles. The van der Waals surface area contributed by atoms with E-state index in [1.165, 1.54) is 51.9 Å². The van der Waals surface area contributed by atoms with Crippen LogP contribution >= 0.6 is 0 Å². The molecular formula is C13H27N3. The van der Waals surface area contributed by atoms with Gasteiger partial charge in [0.05, 0.1) is 0 Å². The van der Waals surface area contributed by atoms with Gasteiger partial charge in [-0.2, -0.15) is 0 Å². The first-order chi connectivity index (χ1) is 7.63. The van der Waals surface area contributed by atoms with E-state index in [1.807, 2.05) is 0 Å². The molecule has 1 saturated carbocycles. The molecule has 2 fully saturated rings. The van der Waals surface area contributed by atoms with Crippen LogP contribution in [0.4, 0.5) is 0 Å². The Kier molecular flexibility index (Phi) is 4.22. The van der Waals surface area contributed by atoms with Crippen molar-refractivity contribution in [3.05, 3.63) is 0 Å². The van der Waals surface area contributed by atoms with Crippen LogP contribution in [0.15, 0.2) is 0 Å². The van der Waals surface area contributed by atoms with Crippen LogP contribution in [0.1, 0.15) is 25.7 Å². The normalized spacial score (nSPS) is 35.6. The zero-order valence-electron chi connectivity index (χ0n) is 10.9. The van der Waals surface area contributed by atoms with E-state index in [2.05, 4.69) is 23.9 Å². The molecule has 16 heavy (non-hydrogen) atoms. The smallest absolute Gasteiger partial charge is 0.00450 e. The molecule has 2 rings (SSSR count). The quantitative estimate of drug-likeness (QED) is 0.757. The highest BCUT2D eigenvalue weighted by molar-refractivity contribution is 4.84. The lowest BCUT2D eigenvalue weighted by atomic mass is 9.80. The first kappa shape index (κ1) is 12.3. The Morgan fingerprint density at radius 3 is 2.62 bits per heavy atom. The van der Waals surface area contributed by atoms with Crippen molar-refractivity contribution in [3.8, 4) is 0 Å². The third-order valence-corrected chi connectivity index (χ3v) is 4.25. The molecule has 3 heteroatoms. The average molecular weight is 225 g/mol. The predicted octanol–water partition coefficient (Wildman–Crippen LogP) is 0.997. The third-order valence-electron chi connectivity index (χ3n) is 4.25. The van der Waals surface area contributed by atoms with E-state index in [0.29, 0.717) is 6.04 Å². The highest BCUT2D eigenvalue weighted by Gasteiger charge is 2.27. The second kappa shape index (κ2) is 5.48. The minimum atomic E-state index is 0.502. The second-order valence-electron chi connectivity index (χ2n) is 6.07. The summed E-state index contributed by atoms with van der Waals surface area (Å²) in [6.45, 7) is 5.13. The van der Waals surface area contributed by atoms with Crippen LogP contribution in [0.25, 0.3) is 0 Å². The fourth-order valence-electron chi connectivity index (χ4n) is 3.13. The molecule has 3 nitrogen and oxygen atoms in total. The fourth-order valence-corrected chi connectivity index (χ4v) is 3.13. The number of likely N-dealkylation sites (tertiary alicyclic amines) is 1. The molecule has 0 radical (unpaired) electrons. The van der Waals surface area contributed by atoms with Gasteiger partial charge < -0.3 is 15.5 Å². The maximum atomic E-state index is 5.81. The van der Waals surface area contributed by atoms with Crippen LogP contribution in [-0.2, 0) is 0 Å². The summed E-state index contributed by atoms with van der Waals surface area (Å²) in [5, 5.41) is 0. The minimum Gasteiger partial charge on any atom is -0.328 e. The summed E-state index contributed by atoms with van der Waals surface area (Å²) in [6, 6.07) is 0.502. The molecule has 1 aliphatic heterocycles. The van der Waals surface area contributed by atoms with Gasteiger partial charge in [0.2, 0.25) is 0 Å². The van der Waals surface area contributed by atoms with Crippen LogP contribution in [0.2, 0.25) is 0 Å². The molecule has 0 amide bonds. The number of rotatable bonds is 5. The lowest BCUT2D eigenvalue weighted by molar-refractivity contribution is 0.176. The van der Waals surface area contributed by atoms with Gasteiger partial charge in [0.25, 0.3) is 0 Å². The van der Waals surface area contributed by atoms with Crippen LogP contribution in [0.3, 0.4) is 0 Å². The Labute approximate surface area is 100.0 Å². The Morgan fingerprint density at radius 1 is 1.31 bits per heavy atom. The molecule has 94 valence electrons. The van der Waals surface area contributed by atoms with Gasteiger partial charge >= 0.3 is 0 Å². The molecule has 1 saturated heterocycles. The number of nitrogens with zero attached hydrogens (tertiary/aromatic N) is 2. The number of hydrogen-bond acceptors (Lipinski definition) is 3. The SMILES string of the molecule is CN1CCC(CCN(C)CC2CC(N)C2)C1. The highest BCUT2D eigenvalue weighted by atomic mass is 15.1. The monoisotopic (exact) mass is 225 g/mol. The van der Waals surface area contributed by atoms with E-state index in [0.717, 1.165) is 11.8 Å². The lowest BCUT2D eigenvalue weighted by Crippen LogP contribution is -2.42. The van der Waals surface area contributed by atoms with Crippen molar-refractivity contribution >= 4 is 0 Å². The summed E-state index contributed by atoms with van der Waals surface area (Å²) in [5.74, 6) is 1.82. The van der Waals surface area contributed by atoms with Crippen molar-refractivity contribution in [3.63, 3.8) is 0 Å². The molecule has 0 aromatic carbocycles. The second-order valence-corrected chi connectivity index (χ2v) is 6.07. The molecule has 0 aromatic heterocycles. The third kappa shape index (κ3) is 3.44. The zero-order chi connectivity index (χ0) is 11.5. The minimum absolute atomic E-state index is 0.502. The fraction of sp³-hybridized carbons (Fsp3) is 1.00. The Morgan fingerprint density at radius 2 is 2.06 bits per heavy atom. The maximum Gasteiger partial charge on any atom is 0.00450 e. The molecule has 2 aliphatic rings. The summed E-state index contributed by atoms with van der Waals surface area (Å²) in [7, 11) is 4.50. The topological polar surface area (TPSA) is 32.5 Å². The van der Waals surface area contributed by atoms with Gasteiger partial charge in [0, 0.05) is 19.1 Å². The zero-order valence-corrected chi connectivity index (χ0v) is 10.9. The van der Waals surface area contributed by atoms with E-state index >= 15 is 0 Å². The molecule has 1 heterocycles. The molecule has 1 unspecified atom stereocenters. The van der Waals surface area contributed by atoms with E-state index in [-0.39, 0.29) is 0 Å². The molecule has 0 aromatic rings. The average Bonchev–Trinajstić information content (AvgIpc) is 2.59. The summed E-state index contributed by atoms with van der Waals surface area (Å²) in [5.41, 5.74) is 5.81. The summed E-state index contributed by atoms with van der Waals surface area (Å²) in [4.78, 5) is 4.96. The summed E-state index contributed by atoms with van der Waals surface area (Å²) in [6.07, 6.45) is 5.27. The standard InChI is InChI=1S/C13H27N3/c1-15-5-3-11(9-15)4-6-16(2)10-12-7-13(14)8-12/h11-13H,3-10,14H2,1-2H3. The largest absolute Gasteiger partial charge is 0.328 e. The van der Waals surface area contributed by atoms with Crippen molar-refractivity contribution in [2.24, 2.45) is 17.6 Å². The van der Waals surface area contributed by atoms with Gasteiger partial charge in [-0.15, -0.1) is 0 Å². The van der Waals surface area contributed by atoms with Gasteiger partial charge in [-0.1, -0.05) is 0 Å². The van der Waals surface area contributed by atoms with Gasteiger partial charge in [0.1, 0.15) is 0 Å². The molecule has 0 bridgehead atoms. The van der Waals surface area contributed by atoms with Crippen molar-refractivity contribution in [2.75, 3.05) is 40.3 Å². The first-order valence-corrected chi connectivity index (χ1v) is 6.76. The van der Waals surface area contributed by atoms with E-state index < -0.39 is 0 Å². The predicted molar refractivity (Wildman–Crippen MR) is 68.4 cm³/mol. The number of hydrogen-bond donors (Lipinski definition) is 1. The molecule has 1 atom stereocenters. The lowest BCUT2D eigenvalue weighted by Gasteiger charge is -2.35. The van der Waals surface area contributed by atoms with Crippen molar-refractivity contribution < 1.29 is 0 Å². The highest BCUT2D eigenvalue weighted by Crippen LogP contribution is 2.26. The molecule has 2 N–H and O–H groups in total. The summed E-state index contributed by atoms with van der Waals surface area (Å²) < 4.78 is 0. The van der Waals surface area contributed by atoms with Crippen molar-refractivity contribution in [1.82, 2.24) is 9.80 Å². The maximum absolute atomic E-state index is 5.81. The van der Waals surface area contributed by atoms with Gasteiger partial charge in [0.15, 0.2) is 0 Å². The van der Waals surface area contributed by atoms with E-state index in [4.69, 9.17) is 5.73 Å². The van der Waals surface area contributed by atoms with Gasteiger partial charge in [-0.05, 0) is 64.7 Å². The van der Waals surface area contributed by atoms with Crippen LogP contribution < -0.4 is 5.73 Å². The Hall–Kier alpha value is -0.120. The van der Waals surface area contributed by atoms with E-state index in [1.54, 1.807) is 0 Å². The van der Waals surface area contributed by atoms with E-state index in [9.17, 15) is 0 Å².